The summed E-state index contributed by atoms with van der Waals surface area (Å²) in [6.45, 7) is 4.86. The number of hydrogen-bond acceptors (Lipinski definition) is 4. The minimum atomic E-state index is -0.936. The molecule has 1 saturated heterocycles. The molecule has 0 aromatic heterocycles. The van der Waals surface area contributed by atoms with Crippen LogP contribution in [-0.2, 0) is 16.1 Å². The molecule has 1 fully saturated rings. The Kier molecular flexibility index (Phi) is 5.93. The number of aromatic carboxylic acids is 1. The van der Waals surface area contributed by atoms with Crippen molar-refractivity contribution in [3.8, 4) is 0 Å². The Balaban J connectivity index is 1.95. The van der Waals surface area contributed by atoms with E-state index in [1.807, 2.05) is 6.07 Å². The summed E-state index contributed by atoms with van der Waals surface area (Å²) in [4.78, 5) is 24.1. The summed E-state index contributed by atoms with van der Waals surface area (Å²) in [5, 5.41) is 11.7. The zero-order valence-corrected chi connectivity index (χ0v) is 13.9. The molecule has 0 bridgehead atoms. The van der Waals surface area contributed by atoms with Gasteiger partial charge in [0.15, 0.2) is 0 Å². The second-order valence-electron chi connectivity index (χ2n) is 5.28. The number of carboxylic acid groups (broad SMARTS) is 1. The van der Waals surface area contributed by atoms with Crippen molar-refractivity contribution in [2.75, 3.05) is 26.2 Å². The second kappa shape index (κ2) is 7.71. The lowest BCUT2D eigenvalue weighted by Crippen LogP contribution is -2.46. The third-order valence-corrected chi connectivity index (χ3v) is 4.23. The second-order valence-corrected chi connectivity index (χ2v) is 6.13. The van der Waals surface area contributed by atoms with Crippen LogP contribution in [0.3, 0.4) is 0 Å². The van der Waals surface area contributed by atoms with Crippen molar-refractivity contribution < 1.29 is 19.4 Å². The number of carbonyl (C=O) groups excluding carboxylic acids is 1. The van der Waals surface area contributed by atoms with Crippen molar-refractivity contribution in [3.63, 3.8) is 0 Å². The van der Waals surface area contributed by atoms with Crippen molar-refractivity contribution in [1.82, 2.24) is 10.2 Å². The molecule has 22 heavy (non-hydrogen) atoms. The maximum absolute atomic E-state index is 11.0. The molecule has 2 N–H and O–H groups in total. The van der Waals surface area contributed by atoms with Gasteiger partial charge in [-0.3, -0.25) is 9.69 Å². The number of nitrogens with one attached hydrogen (secondary N) is 1. The maximum Gasteiger partial charge on any atom is 0.335 e. The number of morpholine rings is 1. The highest BCUT2D eigenvalue weighted by Gasteiger charge is 2.21. The molecule has 1 heterocycles. The molecule has 0 radical (unpaired) electrons. The van der Waals surface area contributed by atoms with E-state index in [2.05, 4.69) is 26.1 Å². The Morgan fingerprint density at radius 2 is 2.27 bits per heavy atom. The number of ether oxygens (including phenoxy) is 1. The summed E-state index contributed by atoms with van der Waals surface area (Å²) in [5.74, 6) is -0.998. The monoisotopic (exact) mass is 370 g/mol. The quantitative estimate of drug-likeness (QED) is 0.820. The van der Waals surface area contributed by atoms with Gasteiger partial charge < -0.3 is 15.2 Å². The van der Waals surface area contributed by atoms with Crippen molar-refractivity contribution in [2.45, 2.75) is 19.6 Å². The predicted octanol–water partition coefficient (Wildman–Crippen LogP) is 1.48. The maximum atomic E-state index is 11.0. The Hall–Kier alpha value is -1.44. The van der Waals surface area contributed by atoms with Crippen molar-refractivity contribution in [3.05, 3.63) is 33.8 Å². The first-order valence-corrected chi connectivity index (χ1v) is 7.85. The number of halogens is 1. The van der Waals surface area contributed by atoms with E-state index in [0.717, 1.165) is 23.1 Å². The summed E-state index contributed by atoms with van der Waals surface area (Å²) in [7, 11) is 0. The van der Waals surface area contributed by atoms with Gasteiger partial charge in [-0.05, 0) is 17.7 Å². The molecule has 0 saturated carbocycles. The van der Waals surface area contributed by atoms with Gasteiger partial charge in [0, 0.05) is 37.6 Å². The molecule has 120 valence electrons. The molecule has 1 aromatic rings. The van der Waals surface area contributed by atoms with E-state index in [4.69, 9.17) is 9.84 Å². The Morgan fingerprint density at radius 1 is 1.50 bits per heavy atom. The van der Waals surface area contributed by atoms with E-state index in [9.17, 15) is 9.59 Å². The zero-order chi connectivity index (χ0) is 16.1. The van der Waals surface area contributed by atoms with Crippen molar-refractivity contribution >= 4 is 27.8 Å². The summed E-state index contributed by atoms with van der Waals surface area (Å²) in [6.07, 6.45) is -0.0188. The minimum Gasteiger partial charge on any atom is -0.478 e. The first-order chi connectivity index (χ1) is 10.5. The summed E-state index contributed by atoms with van der Waals surface area (Å²) < 4.78 is 6.42. The standard InChI is InChI=1S/C15H19BrN2O4/c1-10(19)17-7-13-9-18(4-5-22-13)8-12-3-2-11(15(20)21)6-14(12)16/h2-3,6,13H,4-5,7-9H2,1H3,(H,17,19)(H,20,21). The average Bonchev–Trinajstić information content (AvgIpc) is 2.47. The Bertz CT molecular complexity index is 564. The largest absolute Gasteiger partial charge is 0.478 e. The van der Waals surface area contributed by atoms with Gasteiger partial charge >= 0.3 is 5.97 Å². The van der Waals surface area contributed by atoms with Crippen LogP contribution in [0.25, 0.3) is 0 Å². The molecule has 1 aliphatic heterocycles. The Labute approximate surface area is 137 Å². The first-order valence-electron chi connectivity index (χ1n) is 7.06. The molecule has 1 aliphatic rings. The van der Waals surface area contributed by atoms with Crippen LogP contribution < -0.4 is 5.32 Å². The number of benzene rings is 1. The molecule has 1 amide bonds. The SMILES string of the molecule is CC(=O)NCC1CN(Cc2ccc(C(=O)O)cc2Br)CCO1. The lowest BCUT2D eigenvalue weighted by Gasteiger charge is -2.33. The Morgan fingerprint density at radius 3 is 2.91 bits per heavy atom. The van der Waals surface area contributed by atoms with E-state index >= 15 is 0 Å². The normalized spacial score (nSPS) is 18.9. The van der Waals surface area contributed by atoms with Gasteiger partial charge in [0.05, 0.1) is 18.3 Å². The fourth-order valence-corrected chi connectivity index (χ4v) is 2.86. The number of carbonyl (C=O) groups is 2. The number of amides is 1. The average molecular weight is 371 g/mol. The third-order valence-electron chi connectivity index (χ3n) is 3.50. The summed E-state index contributed by atoms with van der Waals surface area (Å²) in [6, 6.07) is 5.05. The zero-order valence-electron chi connectivity index (χ0n) is 12.3. The minimum absolute atomic E-state index is 0.0188. The molecular formula is C15H19BrN2O4. The summed E-state index contributed by atoms with van der Waals surface area (Å²) >= 11 is 3.43. The molecule has 1 atom stereocenters. The van der Waals surface area contributed by atoms with Gasteiger partial charge in [0.2, 0.25) is 5.91 Å². The van der Waals surface area contributed by atoms with E-state index in [0.29, 0.717) is 19.7 Å². The van der Waals surface area contributed by atoms with Gasteiger partial charge in [-0.2, -0.15) is 0 Å². The smallest absolute Gasteiger partial charge is 0.335 e. The molecular weight excluding hydrogens is 352 g/mol. The van der Waals surface area contributed by atoms with Gasteiger partial charge in [-0.1, -0.05) is 22.0 Å². The van der Waals surface area contributed by atoms with Crippen molar-refractivity contribution in [2.24, 2.45) is 0 Å². The van der Waals surface area contributed by atoms with Crippen molar-refractivity contribution in [1.29, 1.82) is 0 Å². The fraction of sp³-hybridized carbons (Fsp3) is 0.467. The number of nitrogens with zero attached hydrogens (tertiary/aromatic N) is 1. The van der Waals surface area contributed by atoms with Crippen LogP contribution in [0.15, 0.2) is 22.7 Å². The number of carboxylic acids is 1. The van der Waals surface area contributed by atoms with Gasteiger partial charge in [-0.15, -0.1) is 0 Å². The molecule has 0 spiro atoms. The lowest BCUT2D eigenvalue weighted by atomic mass is 10.1. The van der Waals surface area contributed by atoms with Gasteiger partial charge in [0.1, 0.15) is 0 Å². The molecule has 2 rings (SSSR count). The van der Waals surface area contributed by atoms with Gasteiger partial charge in [-0.25, -0.2) is 4.79 Å². The van der Waals surface area contributed by atoms with E-state index in [1.165, 1.54) is 6.92 Å². The highest BCUT2D eigenvalue weighted by Crippen LogP contribution is 2.21. The number of hydrogen-bond donors (Lipinski definition) is 2. The van der Waals surface area contributed by atoms with Crippen LogP contribution >= 0.6 is 15.9 Å². The van der Waals surface area contributed by atoms with Crippen LogP contribution in [0, 0.1) is 0 Å². The summed E-state index contributed by atoms with van der Waals surface area (Å²) in [5.41, 5.74) is 1.30. The highest BCUT2D eigenvalue weighted by atomic mass is 79.9. The highest BCUT2D eigenvalue weighted by molar-refractivity contribution is 9.10. The van der Waals surface area contributed by atoms with Crippen LogP contribution in [-0.4, -0.2) is 54.2 Å². The van der Waals surface area contributed by atoms with Crippen LogP contribution in [0.1, 0.15) is 22.8 Å². The van der Waals surface area contributed by atoms with E-state index < -0.39 is 5.97 Å². The topological polar surface area (TPSA) is 78.9 Å². The van der Waals surface area contributed by atoms with Gasteiger partial charge in [0.25, 0.3) is 0 Å². The molecule has 7 heteroatoms. The lowest BCUT2D eigenvalue weighted by molar-refractivity contribution is -0.120. The molecule has 0 aliphatic carbocycles. The van der Waals surface area contributed by atoms with E-state index in [1.54, 1.807) is 12.1 Å². The van der Waals surface area contributed by atoms with Crippen LogP contribution in [0.2, 0.25) is 0 Å². The molecule has 6 nitrogen and oxygen atoms in total. The van der Waals surface area contributed by atoms with E-state index in [-0.39, 0.29) is 17.6 Å². The molecule has 1 aromatic carbocycles. The third kappa shape index (κ3) is 4.79. The fourth-order valence-electron chi connectivity index (χ4n) is 2.35. The van der Waals surface area contributed by atoms with Crippen LogP contribution in [0.4, 0.5) is 0 Å². The van der Waals surface area contributed by atoms with Crippen LogP contribution in [0.5, 0.6) is 0 Å². The number of rotatable bonds is 5. The first kappa shape index (κ1) is 16.9. The predicted molar refractivity (Wildman–Crippen MR) is 84.8 cm³/mol. The molecule has 1 unspecified atom stereocenters.